The summed E-state index contributed by atoms with van der Waals surface area (Å²) < 4.78 is 48.9. The van der Waals surface area contributed by atoms with Crippen LogP contribution in [0.4, 0.5) is 10.1 Å². The van der Waals surface area contributed by atoms with Crippen LogP contribution in [-0.4, -0.2) is 50.9 Å². The molecule has 0 aliphatic rings. The largest absolute Gasteiger partial charge is 0.494 e. The Morgan fingerprint density at radius 1 is 0.951 bits per heavy atom. The highest BCUT2D eigenvalue weighted by molar-refractivity contribution is 7.92. The summed E-state index contributed by atoms with van der Waals surface area (Å²) in [7, 11) is -4.22. The predicted molar refractivity (Wildman–Crippen MR) is 158 cm³/mol. The van der Waals surface area contributed by atoms with Gasteiger partial charge in [0, 0.05) is 18.7 Å². The first-order valence-corrected chi connectivity index (χ1v) is 15.0. The van der Waals surface area contributed by atoms with E-state index in [-0.39, 0.29) is 28.6 Å². The molecule has 1 N–H and O–H groups in total. The summed E-state index contributed by atoms with van der Waals surface area (Å²) >= 11 is 0. The Morgan fingerprint density at radius 2 is 1.59 bits per heavy atom. The lowest BCUT2D eigenvalue weighted by Gasteiger charge is -2.32. The van der Waals surface area contributed by atoms with Crippen molar-refractivity contribution in [1.29, 1.82) is 0 Å². The minimum Gasteiger partial charge on any atom is -0.494 e. The van der Waals surface area contributed by atoms with E-state index in [0.717, 1.165) is 9.87 Å². The maximum absolute atomic E-state index is 14.6. The minimum atomic E-state index is -4.22. The average molecular weight is 584 g/mol. The summed E-state index contributed by atoms with van der Waals surface area (Å²) in [5, 5.41) is 2.81. The third-order valence-electron chi connectivity index (χ3n) is 6.47. The summed E-state index contributed by atoms with van der Waals surface area (Å²) in [5.74, 6) is -0.910. The molecule has 0 radical (unpaired) electrons. The number of benzene rings is 3. The number of rotatable bonds is 13. The molecule has 0 aliphatic heterocycles. The van der Waals surface area contributed by atoms with Gasteiger partial charge in [-0.2, -0.15) is 0 Å². The van der Waals surface area contributed by atoms with E-state index in [0.29, 0.717) is 18.9 Å². The van der Waals surface area contributed by atoms with Crippen molar-refractivity contribution in [3.63, 3.8) is 0 Å². The fourth-order valence-electron chi connectivity index (χ4n) is 4.09. The Labute approximate surface area is 242 Å². The van der Waals surface area contributed by atoms with E-state index in [2.05, 4.69) is 5.32 Å². The first kappa shape index (κ1) is 31.6. The van der Waals surface area contributed by atoms with Crippen molar-refractivity contribution in [3.8, 4) is 5.75 Å². The number of nitrogens with zero attached hydrogens (tertiary/aromatic N) is 2. The minimum absolute atomic E-state index is 0.0299. The average Bonchev–Trinajstić information content (AvgIpc) is 2.94. The van der Waals surface area contributed by atoms with Gasteiger partial charge in [-0.3, -0.25) is 13.9 Å². The molecular weight excluding hydrogens is 545 g/mol. The van der Waals surface area contributed by atoms with Crippen LogP contribution in [0.15, 0.2) is 77.7 Å². The lowest BCUT2D eigenvalue weighted by molar-refractivity contribution is -0.139. The van der Waals surface area contributed by atoms with E-state index in [1.807, 2.05) is 27.7 Å². The van der Waals surface area contributed by atoms with Crippen LogP contribution in [0.1, 0.15) is 38.8 Å². The molecule has 3 aromatic carbocycles. The Bertz CT molecular complexity index is 1430. The smallest absolute Gasteiger partial charge is 0.264 e. The summed E-state index contributed by atoms with van der Waals surface area (Å²) in [6.07, 6.45) is 0. The Balaban J connectivity index is 2.01. The molecule has 8 nitrogen and oxygen atoms in total. The summed E-state index contributed by atoms with van der Waals surface area (Å²) in [6.45, 7) is 9.13. The highest BCUT2D eigenvalue weighted by Crippen LogP contribution is 2.26. The number of ether oxygens (including phenoxy) is 1. The molecule has 2 amide bonds. The van der Waals surface area contributed by atoms with Gasteiger partial charge in [0.15, 0.2) is 0 Å². The van der Waals surface area contributed by atoms with Crippen molar-refractivity contribution in [2.24, 2.45) is 5.92 Å². The van der Waals surface area contributed by atoms with Crippen molar-refractivity contribution in [1.82, 2.24) is 10.2 Å². The molecule has 3 aromatic rings. The number of carbonyl (C=O) groups is 2. The molecule has 0 saturated heterocycles. The second-order valence-electron chi connectivity index (χ2n) is 10.2. The van der Waals surface area contributed by atoms with Gasteiger partial charge in [0.2, 0.25) is 11.8 Å². The molecule has 0 spiro atoms. The van der Waals surface area contributed by atoms with E-state index < -0.39 is 40.2 Å². The van der Waals surface area contributed by atoms with Gasteiger partial charge in [0.05, 0.1) is 17.2 Å². The standard InChI is InChI=1S/C31H38FN3O5S/c1-6-40-27-15-17-28(18-16-27)41(38,39)35(26-13-11-23(4)12-14-26)21-30(36)34(20-25-9-7-8-10-29(25)32)24(5)31(37)33-19-22(2)3/h7-18,22,24H,6,19-21H2,1-5H3,(H,33,37)/t24-/m1/s1. The molecule has 220 valence electrons. The lowest BCUT2D eigenvalue weighted by atomic mass is 10.1. The Morgan fingerprint density at radius 3 is 2.17 bits per heavy atom. The summed E-state index contributed by atoms with van der Waals surface area (Å²) in [5.41, 5.74) is 1.40. The third kappa shape index (κ3) is 8.29. The first-order chi connectivity index (χ1) is 19.4. The van der Waals surface area contributed by atoms with Crippen LogP contribution < -0.4 is 14.4 Å². The number of aryl methyl sites for hydroxylation is 1. The van der Waals surface area contributed by atoms with Crippen LogP contribution in [0.25, 0.3) is 0 Å². The van der Waals surface area contributed by atoms with Gasteiger partial charge in [-0.05, 0) is 69.2 Å². The van der Waals surface area contributed by atoms with Crippen molar-refractivity contribution in [2.75, 3.05) is 24.0 Å². The maximum atomic E-state index is 14.6. The number of halogens is 1. The molecule has 41 heavy (non-hydrogen) atoms. The lowest BCUT2D eigenvalue weighted by Crippen LogP contribution is -2.51. The fourth-order valence-corrected chi connectivity index (χ4v) is 5.50. The molecule has 0 saturated carbocycles. The van der Waals surface area contributed by atoms with Gasteiger partial charge in [-0.1, -0.05) is 49.7 Å². The topological polar surface area (TPSA) is 96.0 Å². The van der Waals surface area contributed by atoms with Gasteiger partial charge >= 0.3 is 0 Å². The normalized spacial score (nSPS) is 12.1. The summed E-state index contributed by atoms with van der Waals surface area (Å²) in [6, 6.07) is 17.7. The second kappa shape index (κ2) is 14.1. The van der Waals surface area contributed by atoms with Crippen molar-refractivity contribution in [3.05, 3.63) is 89.7 Å². The fraction of sp³-hybridized carbons (Fsp3) is 0.355. The summed E-state index contributed by atoms with van der Waals surface area (Å²) in [4.78, 5) is 28.1. The number of anilines is 1. The Kier molecular flexibility index (Phi) is 10.9. The number of carbonyl (C=O) groups excluding carboxylic acids is 2. The number of sulfonamides is 1. The molecule has 0 fully saturated rings. The number of hydrogen-bond acceptors (Lipinski definition) is 5. The Hall–Kier alpha value is -3.92. The van der Waals surface area contributed by atoms with Gasteiger partial charge in [0.25, 0.3) is 10.0 Å². The third-order valence-corrected chi connectivity index (χ3v) is 8.26. The van der Waals surface area contributed by atoms with E-state index in [9.17, 15) is 22.4 Å². The molecule has 3 rings (SSSR count). The van der Waals surface area contributed by atoms with Gasteiger partial charge < -0.3 is 15.0 Å². The molecule has 0 bridgehead atoms. The predicted octanol–water partition coefficient (Wildman–Crippen LogP) is 4.92. The van der Waals surface area contributed by atoms with Crippen LogP contribution in [0, 0.1) is 18.7 Å². The van der Waals surface area contributed by atoms with E-state index >= 15 is 0 Å². The van der Waals surface area contributed by atoms with Gasteiger partial charge in [-0.15, -0.1) is 0 Å². The SMILES string of the molecule is CCOc1ccc(S(=O)(=O)N(CC(=O)N(Cc2ccccc2F)[C@H](C)C(=O)NCC(C)C)c2ccc(C)cc2)cc1. The number of hydrogen-bond donors (Lipinski definition) is 1. The molecule has 0 unspecified atom stereocenters. The van der Waals surface area contributed by atoms with Crippen molar-refractivity contribution in [2.45, 2.75) is 52.1 Å². The van der Waals surface area contributed by atoms with Crippen LogP contribution in [0.3, 0.4) is 0 Å². The number of nitrogens with one attached hydrogen (secondary N) is 1. The monoisotopic (exact) mass is 583 g/mol. The zero-order valence-corrected chi connectivity index (χ0v) is 24.9. The molecule has 0 heterocycles. The van der Waals surface area contributed by atoms with E-state index in [1.54, 1.807) is 49.4 Å². The highest BCUT2D eigenvalue weighted by atomic mass is 32.2. The van der Waals surface area contributed by atoms with Crippen molar-refractivity contribution >= 4 is 27.5 Å². The van der Waals surface area contributed by atoms with Crippen LogP contribution in [0.2, 0.25) is 0 Å². The molecule has 10 heteroatoms. The van der Waals surface area contributed by atoms with Crippen LogP contribution >= 0.6 is 0 Å². The first-order valence-electron chi connectivity index (χ1n) is 13.6. The molecule has 0 aromatic heterocycles. The second-order valence-corrected chi connectivity index (χ2v) is 12.0. The van der Waals surface area contributed by atoms with E-state index in [4.69, 9.17) is 4.74 Å². The van der Waals surface area contributed by atoms with E-state index in [1.165, 1.54) is 35.2 Å². The van der Waals surface area contributed by atoms with Crippen molar-refractivity contribution < 1.29 is 27.1 Å². The molecule has 0 aliphatic carbocycles. The molecule has 1 atom stereocenters. The van der Waals surface area contributed by atoms with Gasteiger partial charge in [-0.25, -0.2) is 12.8 Å². The molecular formula is C31H38FN3O5S. The maximum Gasteiger partial charge on any atom is 0.264 e. The highest BCUT2D eigenvalue weighted by Gasteiger charge is 2.33. The van der Waals surface area contributed by atoms with Gasteiger partial charge in [0.1, 0.15) is 24.2 Å². The zero-order valence-electron chi connectivity index (χ0n) is 24.1. The number of amides is 2. The van der Waals surface area contributed by atoms with Crippen LogP contribution in [-0.2, 0) is 26.2 Å². The zero-order chi connectivity index (χ0) is 30.2. The van der Waals surface area contributed by atoms with Crippen LogP contribution in [0.5, 0.6) is 5.75 Å². The quantitative estimate of drug-likeness (QED) is 0.308.